The summed E-state index contributed by atoms with van der Waals surface area (Å²) in [4.78, 5) is 0. The molecule has 30 heavy (non-hydrogen) atoms. The van der Waals surface area contributed by atoms with Gasteiger partial charge in [0, 0.05) is 24.2 Å². The maximum absolute atomic E-state index is 5.98. The molecule has 0 aliphatic rings. The predicted octanol–water partition coefficient (Wildman–Crippen LogP) is 6.15. The van der Waals surface area contributed by atoms with E-state index in [1.54, 1.807) is 0 Å². The molecule has 4 aromatic carbocycles. The smallest absolute Gasteiger partial charge is 0.121 e. The monoisotopic (exact) mass is 392 g/mol. The van der Waals surface area contributed by atoms with Gasteiger partial charge in [-0.05, 0) is 17.7 Å². The van der Waals surface area contributed by atoms with Crippen LogP contribution in [0.1, 0.15) is 16.7 Å². The van der Waals surface area contributed by atoms with Crippen molar-refractivity contribution < 1.29 is 4.74 Å². The summed E-state index contributed by atoms with van der Waals surface area (Å²) in [5, 5.41) is 6.83. The number of hydrogen-bond donors (Lipinski definition) is 0. The first kappa shape index (κ1) is 19.5. The second-order valence-electron chi connectivity index (χ2n) is 6.98. The van der Waals surface area contributed by atoms with Crippen LogP contribution in [0.25, 0.3) is 0 Å². The van der Waals surface area contributed by atoms with E-state index in [1.165, 1.54) is 0 Å². The summed E-state index contributed by atoms with van der Waals surface area (Å²) in [6.07, 6.45) is 0. The van der Waals surface area contributed by atoms with Crippen LogP contribution in [0, 0.1) is 0 Å². The molecule has 4 aromatic rings. The van der Waals surface area contributed by atoms with Crippen molar-refractivity contribution in [1.82, 2.24) is 0 Å². The molecule has 0 saturated heterocycles. The van der Waals surface area contributed by atoms with Crippen molar-refractivity contribution in [2.24, 2.45) is 5.10 Å². The van der Waals surface area contributed by atoms with Crippen LogP contribution >= 0.6 is 0 Å². The lowest BCUT2D eigenvalue weighted by atomic mass is 10.0. The van der Waals surface area contributed by atoms with Gasteiger partial charge in [0.05, 0.1) is 11.4 Å². The molecule has 0 unspecified atom stereocenters. The van der Waals surface area contributed by atoms with Crippen molar-refractivity contribution in [2.75, 3.05) is 12.1 Å². The molecule has 4 rings (SSSR count). The molecular weight excluding hydrogens is 368 g/mol. The number of benzene rings is 4. The quantitative estimate of drug-likeness (QED) is 0.278. The van der Waals surface area contributed by atoms with E-state index in [4.69, 9.17) is 9.84 Å². The van der Waals surface area contributed by atoms with Gasteiger partial charge in [0.2, 0.25) is 0 Å². The maximum Gasteiger partial charge on any atom is 0.121 e. The van der Waals surface area contributed by atoms with E-state index >= 15 is 0 Å². The summed E-state index contributed by atoms with van der Waals surface area (Å²) in [5.74, 6) is 0.819. The molecule has 3 nitrogen and oxygen atoms in total. The van der Waals surface area contributed by atoms with Crippen LogP contribution in [0.4, 0.5) is 5.69 Å². The van der Waals surface area contributed by atoms with Gasteiger partial charge in [0.25, 0.3) is 0 Å². The fourth-order valence-corrected chi connectivity index (χ4v) is 3.20. The van der Waals surface area contributed by atoms with Crippen molar-refractivity contribution in [1.29, 1.82) is 0 Å². The summed E-state index contributed by atoms with van der Waals surface area (Å²) < 4.78 is 5.98. The van der Waals surface area contributed by atoms with Gasteiger partial charge < -0.3 is 4.74 Å². The normalized spacial score (nSPS) is 10.3. The molecule has 148 valence electrons. The first-order valence-corrected chi connectivity index (χ1v) is 9.99. The number of hydrazone groups is 1. The molecule has 0 radical (unpaired) electrons. The Morgan fingerprint density at radius 2 is 1.27 bits per heavy atom. The lowest BCUT2D eigenvalue weighted by Crippen LogP contribution is -2.15. The van der Waals surface area contributed by atoms with E-state index in [-0.39, 0.29) is 0 Å². The Morgan fingerprint density at radius 3 is 1.87 bits per heavy atom. The summed E-state index contributed by atoms with van der Waals surface area (Å²) in [5.41, 5.74) is 5.18. The third kappa shape index (κ3) is 4.95. The van der Waals surface area contributed by atoms with Crippen molar-refractivity contribution >= 4 is 11.4 Å². The van der Waals surface area contributed by atoms with Gasteiger partial charge >= 0.3 is 0 Å². The number of ether oxygens (including phenoxy) is 1. The maximum atomic E-state index is 5.98. The molecule has 0 fully saturated rings. The third-order valence-corrected chi connectivity index (χ3v) is 4.78. The fourth-order valence-electron chi connectivity index (χ4n) is 3.20. The molecule has 0 spiro atoms. The Labute approximate surface area is 177 Å². The average Bonchev–Trinajstić information content (AvgIpc) is 2.83. The SMILES string of the molecule is CN(N=C(c1ccccc1)c1ccccc1)c1cccc(OCc2ccccc2)c1. The second-order valence-corrected chi connectivity index (χ2v) is 6.98. The van der Waals surface area contributed by atoms with E-state index < -0.39 is 0 Å². The predicted molar refractivity (Wildman–Crippen MR) is 124 cm³/mol. The molecule has 0 aliphatic carbocycles. The van der Waals surface area contributed by atoms with Crippen LogP contribution in [0.5, 0.6) is 5.75 Å². The summed E-state index contributed by atoms with van der Waals surface area (Å²) in [6.45, 7) is 0.538. The molecule has 0 N–H and O–H groups in total. The number of anilines is 1. The number of hydrogen-bond acceptors (Lipinski definition) is 3. The lowest BCUT2D eigenvalue weighted by Gasteiger charge is -2.17. The first-order valence-electron chi connectivity index (χ1n) is 9.99. The summed E-state index contributed by atoms with van der Waals surface area (Å²) in [6, 6.07) is 38.7. The summed E-state index contributed by atoms with van der Waals surface area (Å²) in [7, 11) is 1.96. The Hall–Kier alpha value is -3.85. The number of rotatable bonds is 7. The van der Waals surface area contributed by atoms with Gasteiger partial charge in [-0.25, -0.2) is 0 Å². The van der Waals surface area contributed by atoms with Crippen LogP contribution in [-0.2, 0) is 6.61 Å². The molecule has 0 bridgehead atoms. The standard InChI is InChI=1S/C27H24N2O/c1-29(25-18-11-19-26(20-25)30-21-22-12-5-2-6-13-22)28-27(23-14-7-3-8-15-23)24-16-9-4-10-17-24/h2-20H,21H2,1H3. The molecule has 0 aromatic heterocycles. The van der Waals surface area contributed by atoms with E-state index in [1.807, 2.05) is 90.9 Å². The molecule has 0 saturated carbocycles. The third-order valence-electron chi connectivity index (χ3n) is 4.78. The first-order chi connectivity index (χ1) is 14.8. The molecule has 0 amide bonds. The van der Waals surface area contributed by atoms with Crippen molar-refractivity contribution in [2.45, 2.75) is 6.61 Å². The zero-order valence-corrected chi connectivity index (χ0v) is 17.0. The Bertz CT molecular complexity index is 1050. The average molecular weight is 393 g/mol. The van der Waals surface area contributed by atoms with Crippen molar-refractivity contribution in [3.8, 4) is 5.75 Å². The highest BCUT2D eigenvalue weighted by Crippen LogP contribution is 2.22. The van der Waals surface area contributed by atoms with E-state index in [0.29, 0.717) is 6.61 Å². The zero-order valence-electron chi connectivity index (χ0n) is 17.0. The Kier molecular flexibility index (Phi) is 6.21. The van der Waals surface area contributed by atoms with Crippen molar-refractivity contribution in [3.63, 3.8) is 0 Å². The van der Waals surface area contributed by atoms with Crippen molar-refractivity contribution in [3.05, 3.63) is 132 Å². The minimum Gasteiger partial charge on any atom is -0.489 e. The van der Waals surface area contributed by atoms with Gasteiger partial charge in [0.1, 0.15) is 12.4 Å². The minimum absolute atomic E-state index is 0.538. The largest absolute Gasteiger partial charge is 0.489 e. The van der Waals surface area contributed by atoms with Crippen LogP contribution in [-0.4, -0.2) is 12.8 Å². The fraction of sp³-hybridized carbons (Fsp3) is 0.0741. The van der Waals surface area contributed by atoms with Gasteiger partial charge in [-0.1, -0.05) is 97.1 Å². The Morgan fingerprint density at radius 1 is 0.700 bits per heavy atom. The van der Waals surface area contributed by atoms with Gasteiger partial charge in [-0.3, -0.25) is 5.01 Å². The molecule has 0 atom stereocenters. The van der Waals surface area contributed by atoms with Crippen LogP contribution in [0.3, 0.4) is 0 Å². The van der Waals surface area contributed by atoms with Crippen LogP contribution in [0.2, 0.25) is 0 Å². The van der Waals surface area contributed by atoms with Gasteiger partial charge in [-0.2, -0.15) is 5.10 Å². The van der Waals surface area contributed by atoms with E-state index in [0.717, 1.165) is 33.8 Å². The highest BCUT2D eigenvalue weighted by atomic mass is 16.5. The minimum atomic E-state index is 0.538. The van der Waals surface area contributed by atoms with Gasteiger partial charge in [-0.15, -0.1) is 0 Å². The zero-order chi connectivity index (χ0) is 20.6. The molecule has 0 heterocycles. The van der Waals surface area contributed by atoms with E-state index in [9.17, 15) is 0 Å². The number of nitrogens with zero attached hydrogens (tertiary/aromatic N) is 2. The van der Waals surface area contributed by atoms with Crippen LogP contribution in [0.15, 0.2) is 120 Å². The van der Waals surface area contributed by atoms with Crippen LogP contribution < -0.4 is 9.75 Å². The topological polar surface area (TPSA) is 24.8 Å². The molecule has 3 heteroatoms. The highest BCUT2D eigenvalue weighted by molar-refractivity contribution is 6.13. The lowest BCUT2D eigenvalue weighted by molar-refractivity contribution is 0.306. The van der Waals surface area contributed by atoms with Gasteiger partial charge in [0.15, 0.2) is 0 Å². The second kappa shape index (κ2) is 9.57. The molecule has 0 aliphatic heterocycles. The van der Waals surface area contributed by atoms with E-state index in [2.05, 4.69) is 36.4 Å². The molecular formula is C27H24N2O. The Balaban J connectivity index is 1.59. The highest BCUT2D eigenvalue weighted by Gasteiger charge is 2.09. The summed E-state index contributed by atoms with van der Waals surface area (Å²) >= 11 is 0.